The molecule has 232 valence electrons. The molecule has 2 fully saturated rings. The highest BCUT2D eigenvalue weighted by Crippen LogP contribution is 2.28. The quantitative estimate of drug-likeness (QED) is 0.271. The zero-order valence-electron chi connectivity index (χ0n) is 25.4. The van der Waals surface area contributed by atoms with Gasteiger partial charge in [-0.15, -0.1) is 0 Å². The molecule has 2 saturated heterocycles. The van der Waals surface area contributed by atoms with E-state index in [1.807, 2.05) is 67.3 Å². The zero-order valence-corrected chi connectivity index (χ0v) is 26.2. The molecule has 1 atom stereocenters. The molecule has 0 saturated carbocycles. The Bertz CT molecular complexity index is 1430. The summed E-state index contributed by atoms with van der Waals surface area (Å²) in [7, 11) is 0. The topological polar surface area (TPSA) is 68.4 Å². The molecule has 0 aromatic heterocycles. The number of carbonyl (C=O) groups excluding carboxylic acids is 2. The lowest BCUT2D eigenvalue weighted by atomic mass is 10.1. The van der Waals surface area contributed by atoms with Crippen LogP contribution in [0.1, 0.15) is 31.7 Å². The number of thiocarbonyl (C=S) groups is 1. The molecule has 2 aliphatic heterocycles. The van der Waals surface area contributed by atoms with E-state index in [0.717, 1.165) is 62.6 Å². The number of rotatable bonds is 12. The second-order valence-electron chi connectivity index (χ2n) is 11.3. The minimum absolute atomic E-state index is 0.00817. The van der Waals surface area contributed by atoms with Crippen LogP contribution in [0.15, 0.2) is 72.8 Å². The predicted molar refractivity (Wildman–Crippen MR) is 177 cm³/mol. The summed E-state index contributed by atoms with van der Waals surface area (Å²) in [6, 6.07) is 20.9. The number of amides is 2. The number of halogens is 1. The van der Waals surface area contributed by atoms with Gasteiger partial charge in [0.2, 0.25) is 5.91 Å². The Hall–Kier alpha value is -4.02. The van der Waals surface area contributed by atoms with Gasteiger partial charge in [0.1, 0.15) is 17.6 Å². The summed E-state index contributed by atoms with van der Waals surface area (Å²) in [5, 5.41) is 3.36. The fourth-order valence-corrected chi connectivity index (χ4v) is 6.02. The molecule has 0 bridgehead atoms. The molecule has 0 radical (unpaired) electrons. The molecule has 8 nitrogen and oxygen atoms in total. The van der Waals surface area contributed by atoms with Crippen LogP contribution in [0.2, 0.25) is 0 Å². The lowest BCUT2D eigenvalue weighted by molar-refractivity contribution is -0.124. The maximum atomic E-state index is 13.8. The summed E-state index contributed by atoms with van der Waals surface area (Å²) in [5.74, 6) is 0.0817. The normalized spacial score (nSPS) is 17.3. The average Bonchev–Trinajstić information content (AvgIpc) is 3.25. The molecular weight excluding hydrogens is 577 g/mol. The van der Waals surface area contributed by atoms with Crippen LogP contribution in [0, 0.1) is 12.7 Å². The highest BCUT2D eigenvalue weighted by atomic mass is 32.1. The molecule has 5 rings (SSSR count). The second-order valence-corrected chi connectivity index (χ2v) is 11.6. The van der Waals surface area contributed by atoms with Gasteiger partial charge in [0.05, 0.1) is 18.7 Å². The van der Waals surface area contributed by atoms with Gasteiger partial charge in [-0.25, -0.2) is 4.39 Å². The molecule has 2 amide bonds. The number of anilines is 3. The number of nitrogens with zero attached hydrogens (tertiary/aromatic N) is 4. The smallest absolute Gasteiger partial charge is 0.256 e. The van der Waals surface area contributed by atoms with Crippen LogP contribution < -0.4 is 19.9 Å². The van der Waals surface area contributed by atoms with Crippen molar-refractivity contribution in [1.82, 2.24) is 9.80 Å². The number of benzene rings is 3. The predicted octanol–water partition coefficient (Wildman–Crippen LogP) is 5.47. The van der Waals surface area contributed by atoms with Crippen LogP contribution in [0.3, 0.4) is 0 Å². The van der Waals surface area contributed by atoms with Crippen molar-refractivity contribution in [3.63, 3.8) is 0 Å². The molecule has 3 aromatic rings. The Balaban J connectivity index is 1.20. The number of nitrogens with one attached hydrogen (secondary N) is 1. The van der Waals surface area contributed by atoms with Crippen molar-refractivity contribution in [3.05, 3.63) is 84.2 Å². The van der Waals surface area contributed by atoms with Crippen LogP contribution in [0.5, 0.6) is 5.75 Å². The lowest BCUT2D eigenvalue weighted by Crippen LogP contribution is -2.47. The Morgan fingerprint density at radius 2 is 1.59 bits per heavy atom. The number of hydrogen-bond donors (Lipinski definition) is 1. The van der Waals surface area contributed by atoms with E-state index in [1.165, 1.54) is 12.1 Å². The van der Waals surface area contributed by atoms with Crippen LogP contribution in [-0.4, -0.2) is 78.6 Å². The number of aryl methyl sites for hydroxylation is 1. The third kappa shape index (κ3) is 7.73. The largest absolute Gasteiger partial charge is 0.494 e. The molecule has 2 heterocycles. The molecule has 10 heteroatoms. The summed E-state index contributed by atoms with van der Waals surface area (Å²) < 4.78 is 19.0. The van der Waals surface area contributed by atoms with Crippen LogP contribution >= 0.6 is 12.2 Å². The third-order valence-corrected chi connectivity index (χ3v) is 8.46. The van der Waals surface area contributed by atoms with Gasteiger partial charge >= 0.3 is 0 Å². The van der Waals surface area contributed by atoms with Gasteiger partial charge in [-0.05, 0) is 99.2 Å². The van der Waals surface area contributed by atoms with E-state index in [1.54, 1.807) is 17.0 Å². The van der Waals surface area contributed by atoms with E-state index >= 15 is 0 Å². The van der Waals surface area contributed by atoms with Crippen molar-refractivity contribution < 1.29 is 18.7 Å². The fourth-order valence-electron chi connectivity index (χ4n) is 5.61. The molecule has 0 spiro atoms. The van der Waals surface area contributed by atoms with Crippen molar-refractivity contribution in [1.29, 1.82) is 0 Å². The Morgan fingerprint density at radius 1 is 0.932 bits per heavy atom. The van der Waals surface area contributed by atoms with Gasteiger partial charge in [0, 0.05) is 44.1 Å². The maximum absolute atomic E-state index is 13.8. The second kappa shape index (κ2) is 14.6. The summed E-state index contributed by atoms with van der Waals surface area (Å²) in [6.45, 7) is 9.60. The first-order chi connectivity index (χ1) is 21.3. The average molecular weight is 618 g/mol. The lowest BCUT2D eigenvalue weighted by Gasteiger charge is -2.36. The van der Waals surface area contributed by atoms with E-state index in [-0.39, 0.29) is 24.1 Å². The third-order valence-electron chi connectivity index (χ3n) is 8.04. The van der Waals surface area contributed by atoms with E-state index in [0.29, 0.717) is 29.6 Å². The van der Waals surface area contributed by atoms with Crippen LogP contribution in [-0.2, 0) is 9.59 Å². The van der Waals surface area contributed by atoms with E-state index < -0.39 is 6.04 Å². The first-order valence-electron chi connectivity index (χ1n) is 15.3. The van der Waals surface area contributed by atoms with Gasteiger partial charge in [0.15, 0.2) is 5.11 Å². The van der Waals surface area contributed by atoms with Crippen LogP contribution in [0.25, 0.3) is 0 Å². The Morgan fingerprint density at radius 3 is 2.25 bits per heavy atom. The highest BCUT2D eigenvalue weighted by molar-refractivity contribution is 7.80. The number of hydrogen-bond acceptors (Lipinski definition) is 6. The molecule has 3 aromatic carbocycles. The minimum atomic E-state index is -0.689. The monoisotopic (exact) mass is 617 g/mol. The van der Waals surface area contributed by atoms with Crippen molar-refractivity contribution in [2.45, 2.75) is 39.2 Å². The van der Waals surface area contributed by atoms with E-state index in [9.17, 15) is 14.0 Å². The van der Waals surface area contributed by atoms with E-state index in [4.69, 9.17) is 17.0 Å². The number of carbonyl (C=O) groups is 2. The van der Waals surface area contributed by atoms with Crippen molar-refractivity contribution in [2.24, 2.45) is 0 Å². The van der Waals surface area contributed by atoms with Gasteiger partial charge in [-0.1, -0.05) is 24.6 Å². The van der Waals surface area contributed by atoms with Crippen LogP contribution in [0.4, 0.5) is 21.5 Å². The number of piperazine rings is 1. The minimum Gasteiger partial charge on any atom is -0.494 e. The summed E-state index contributed by atoms with van der Waals surface area (Å²) in [4.78, 5) is 35.1. The Labute approximate surface area is 264 Å². The van der Waals surface area contributed by atoms with Crippen molar-refractivity contribution in [2.75, 3.05) is 61.0 Å². The summed E-state index contributed by atoms with van der Waals surface area (Å²) >= 11 is 5.85. The molecule has 2 aliphatic rings. The van der Waals surface area contributed by atoms with Crippen molar-refractivity contribution >= 4 is 46.2 Å². The fraction of sp³-hybridized carbons (Fsp3) is 0.382. The highest BCUT2D eigenvalue weighted by Gasteiger charge is 2.43. The molecule has 1 N–H and O–H groups in total. The molecule has 0 unspecified atom stereocenters. The summed E-state index contributed by atoms with van der Waals surface area (Å²) in [5.41, 5.74) is 3.47. The molecule has 0 aliphatic carbocycles. The standard InChI is InChI=1S/C34H40FN5O3S/c1-3-23-43-30-15-9-27(10-16-30)36-32(41)24-31-33(42)40(29-11-5-25(2)6-12-29)34(44)39(31)18-4-17-37-19-21-38(22-20-37)28-13-7-26(35)8-14-28/h5-16,31H,3-4,17-24H2,1-2H3,(H,36,41)/t31-/m1/s1. The zero-order chi connectivity index (χ0) is 31.1. The first kappa shape index (κ1) is 31.4. The Kier molecular flexibility index (Phi) is 10.4. The first-order valence-corrected chi connectivity index (χ1v) is 15.7. The SMILES string of the molecule is CCCOc1ccc(NC(=O)C[C@@H]2C(=O)N(c3ccc(C)cc3)C(=S)N2CCCN2CCN(c3ccc(F)cc3)CC2)cc1. The van der Waals surface area contributed by atoms with Gasteiger partial charge < -0.3 is 19.9 Å². The summed E-state index contributed by atoms with van der Waals surface area (Å²) in [6.07, 6.45) is 1.70. The number of ether oxygens (including phenoxy) is 1. The maximum Gasteiger partial charge on any atom is 0.256 e. The molecule has 44 heavy (non-hydrogen) atoms. The van der Waals surface area contributed by atoms with E-state index in [2.05, 4.69) is 15.1 Å². The van der Waals surface area contributed by atoms with Gasteiger partial charge in [-0.3, -0.25) is 19.4 Å². The van der Waals surface area contributed by atoms with Crippen molar-refractivity contribution in [3.8, 4) is 5.75 Å². The van der Waals surface area contributed by atoms with Gasteiger partial charge in [0.25, 0.3) is 5.91 Å². The molecular formula is C34H40FN5O3S. The van der Waals surface area contributed by atoms with Gasteiger partial charge in [-0.2, -0.15) is 0 Å².